The lowest BCUT2D eigenvalue weighted by atomic mass is 9.73. The second kappa shape index (κ2) is 6.26. The number of nitrogens with one attached hydrogen (secondary N) is 1. The van der Waals surface area contributed by atoms with E-state index in [-0.39, 0.29) is 5.41 Å². The molecule has 1 aliphatic rings. The molecule has 1 saturated heterocycles. The average Bonchev–Trinajstić information content (AvgIpc) is 3.03. The fourth-order valence-electron chi connectivity index (χ4n) is 4.10. The molecule has 3 atom stereocenters. The van der Waals surface area contributed by atoms with Crippen molar-refractivity contribution in [2.75, 3.05) is 0 Å². The first kappa shape index (κ1) is 15.2. The van der Waals surface area contributed by atoms with Gasteiger partial charge in [0.1, 0.15) is 0 Å². The first-order valence-electron chi connectivity index (χ1n) is 8.69. The number of hydrogen-bond acceptors (Lipinski definition) is 1. The van der Waals surface area contributed by atoms with Gasteiger partial charge in [0.05, 0.1) is 0 Å². The van der Waals surface area contributed by atoms with Crippen molar-refractivity contribution < 1.29 is 0 Å². The molecule has 0 aliphatic carbocycles. The summed E-state index contributed by atoms with van der Waals surface area (Å²) in [6.45, 7) is 2.40. The van der Waals surface area contributed by atoms with Gasteiger partial charge >= 0.3 is 0 Å². The molecule has 1 heteroatoms. The molecule has 0 radical (unpaired) electrons. The molecular weight excluding hydrogens is 290 g/mol. The largest absolute Gasteiger partial charge is 0.302 e. The Labute approximate surface area is 144 Å². The molecule has 1 heterocycles. The minimum atomic E-state index is 0.0725. The molecule has 120 valence electrons. The second-order valence-corrected chi connectivity index (χ2v) is 6.96. The quantitative estimate of drug-likeness (QED) is 0.681. The Morgan fingerprint density at radius 2 is 1.21 bits per heavy atom. The van der Waals surface area contributed by atoms with Gasteiger partial charge in [0, 0.05) is 17.5 Å². The summed E-state index contributed by atoms with van der Waals surface area (Å²) in [6.07, 6.45) is 1.10. The Morgan fingerprint density at radius 3 is 1.79 bits per heavy atom. The summed E-state index contributed by atoms with van der Waals surface area (Å²) in [5, 5.41) is 3.91. The highest BCUT2D eigenvalue weighted by molar-refractivity contribution is 5.37. The third-order valence-electron chi connectivity index (χ3n) is 5.40. The van der Waals surface area contributed by atoms with Gasteiger partial charge in [-0.05, 0) is 23.1 Å². The van der Waals surface area contributed by atoms with Gasteiger partial charge < -0.3 is 5.32 Å². The van der Waals surface area contributed by atoms with Crippen LogP contribution in [0.5, 0.6) is 0 Å². The Bertz CT molecular complexity index is 782. The highest BCUT2D eigenvalue weighted by Gasteiger charge is 2.45. The molecule has 1 nitrogen and oxygen atoms in total. The second-order valence-electron chi connectivity index (χ2n) is 6.96. The SMILES string of the molecule is C[C@@]1(c2ccccc2)C[C@@H](c2ccccc2)N[C@H]1c1ccccc1. The molecule has 0 unspecified atom stereocenters. The molecule has 4 rings (SSSR count). The van der Waals surface area contributed by atoms with Crippen molar-refractivity contribution >= 4 is 0 Å². The van der Waals surface area contributed by atoms with Crippen molar-refractivity contribution in [3.63, 3.8) is 0 Å². The lowest BCUT2D eigenvalue weighted by molar-refractivity contribution is 0.414. The van der Waals surface area contributed by atoms with Crippen molar-refractivity contribution in [3.8, 4) is 0 Å². The molecule has 1 fully saturated rings. The van der Waals surface area contributed by atoms with E-state index in [1.54, 1.807) is 0 Å². The van der Waals surface area contributed by atoms with Gasteiger partial charge in [-0.25, -0.2) is 0 Å². The molecule has 1 aliphatic heterocycles. The third-order valence-corrected chi connectivity index (χ3v) is 5.40. The van der Waals surface area contributed by atoms with E-state index in [1.165, 1.54) is 16.7 Å². The summed E-state index contributed by atoms with van der Waals surface area (Å²) in [7, 11) is 0. The fourth-order valence-corrected chi connectivity index (χ4v) is 4.10. The summed E-state index contributed by atoms with van der Waals surface area (Å²) < 4.78 is 0. The predicted octanol–water partition coefficient (Wildman–Crippen LogP) is 5.42. The van der Waals surface area contributed by atoms with Crippen LogP contribution in [-0.4, -0.2) is 0 Å². The zero-order valence-electron chi connectivity index (χ0n) is 14.0. The highest BCUT2D eigenvalue weighted by atomic mass is 15.0. The van der Waals surface area contributed by atoms with Crippen LogP contribution in [0.4, 0.5) is 0 Å². The molecule has 0 amide bonds. The monoisotopic (exact) mass is 313 g/mol. The van der Waals surface area contributed by atoms with Crippen LogP contribution in [-0.2, 0) is 5.41 Å². The fraction of sp³-hybridized carbons (Fsp3) is 0.217. The normalized spacial score (nSPS) is 26.4. The van der Waals surface area contributed by atoms with Crippen LogP contribution < -0.4 is 5.32 Å². The molecule has 0 spiro atoms. The maximum atomic E-state index is 3.91. The van der Waals surface area contributed by atoms with E-state index < -0.39 is 0 Å². The van der Waals surface area contributed by atoms with Gasteiger partial charge in [-0.15, -0.1) is 0 Å². The smallest absolute Gasteiger partial charge is 0.0421 e. The average molecular weight is 313 g/mol. The van der Waals surface area contributed by atoms with Crippen molar-refractivity contribution in [2.45, 2.75) is 30.8 Å². The molecule has 1 N–H and O–H groups in total. The lowest BCUT2D eigenvalue weighted by Crippen LogP contribution is -2.30. The van der Waals surface area contributed by atoms with Gasteiger partial charge in [0.15, 0.2) is 0 Å². The van der Waals surface area contributed by atoms with Crippen molar-refractivity contribution in [3.05, 3.63) is 108 Å². The van der Waals surface area contributed by atoms with Crippen LogP contribution >= 0.6 is 0 Å². The minimum absolute atomic E-state index is 0.0725. The van der Waals surface area contributed by atoms with Crippen LogP contribution in [0.3, 0.4) is 0 Å². The first-order valence-corrected chi connectivity index (χ1v) is 8.69. The molecule has 0 aromatic heterocycles. The lowest BCUT2D eigenvalue weighted by Gasteiger charge is -2.32. The van der Waals surface area contributed by atoms with E-state index in [0.717, 1.165) is 6.42 Å². The summed E-state index contributed by atoms with van der Waals surface area (Å²) in [5.74, 6) is 0. The standard InChI is InChI=1S/C23H23N/c1-23(20-15-9-4-10-16-20)17-21(18-11-5-2-6-12-18)24-22(23)19-13-7-3-8-14-19/h2-16,21-22,24H,17H2,1H3/t21-,22-,23-/m0/s1. The summed E-state index contributed by atoms with van der Waals surface area (Å²) in [6, 6.07) is 33.3. The molecule has 0 saturated carbocycles. The summed E-state index contributed by atoms with van der Waals surface area (Å²) in [5.41, 5.74) is 4.22. The van der Waals surface area contributed by atoms with Crippen molar-refractivity contribution in [2.24, 2.45) is 0 Å². The molecule has 0 bridgehead atoms. The summed E-state index contributed by atoms with van der Waals surface area (Å²) >= 11 is 0. The van der Waals surface area contributed by atoms with Gasteiger partial charge in [0.2, 0.25) is 0 Å². The van der Waals surface area contributed by atoms with Gasteiger partial charge in [-0.3, -0.25) is 0 Å². The number of benzene rings is 3. The van der Waals surface area contributed by atoms with Crippen LogP contribution in [0.2, 0.25) is 0 Å². The topological polar surface area (TPSA) is 12.0 Å². The molecular formula is C23H23N. The molecule has 24 heavy (non-hydrogen) atoms. The van der Waals surface area contributed by atoms with E-state index in [1.807, 2.05) is 0 Å². The highest BCUT2D eigenvalue weighted by Crippen LogP contribution is 2.49. The summed E-state index contributed by atoms with van der Waals surface area (Å²) in [4.78, 5) is 0. The maximum Gasteiger partial charge on any atom is 0.0421 e. The van der Waals surface area contributed by atoms with E-state index >= 15 is 0 Å². The number of rotatable bonds is 3. The minimum Gasteiger partial charge on any atom is -0.302 e. The van der Waals surface area contributed by atoms with Gasteiger partial charge in [-0.2, -0.15) is 0 Å². The van der Waals surface area contributed by atoms with Crippen molar-refractivity contribution in [1.29, 1.82) is 0 Å². The van der Waals surface area contributed by atoms with E-state index in [9.17, 15) is 0 Å². The Kier molecular flexibility index (Phi) is 3.95. The van der Waals surface area contributed by atoms with Gasteiger partial charge in [0.25, 0.3) is 0 Å². The Morgan fingerprint density at radius 1 is 0.708 bits per heavy atom. The van der Waals surface area contributed by atoms with Gasteiger partial charge in [-0.1, -0.05) is 97.9 Å². The van der Waals surface area contributed by atoms with Crippen LogP contribution in [0.25, 0.3) is 0 Å². The van der Waals surface area contributed by atoms with Crippen LogP contribution in [0.1, 0.15) is 42.1 Å². The Hall–Kier alpha value is -2.38. The zero-order valence-corrected chi connectivity index (χ0v) is 14.0. The zero-order chi connectivity index (χ0) is 16.4. The molecule has 3 aromatic rings. The van der Waals surface area contributed by atoms with Crippen LogP contribution in [0, 0.1) is 0 Å². The predicted molar refractivity (Wildman–Crippen MR) is 99.9 cm³/mol. The Balaban J connectivity index is 1.77. The first-order chi connectivity index (χ1) is 11.8. The number of hydrogen-bond donors (Lipinski definition) is 1. The van der Waals surface area contributed by atoms with E-state index in [0.29, 0.717) is 12.1 Å². The van der Waals surface area contributed by atoms with E-state index in [4.69, 9.17) is 0 Å². The maximum absolute atomic E-state index is 3.91. The van der Waals surface area contributed by atoms with Crippen molar-refractivity contribution in [1.82, 2.24) is 5.32 Å². The third kappa shape index (κ3) is 2.65. The van der Waals surface area contributed by atoms with Crippen LogP contribution in [0.15, 0.2) is 91.0 Å². The van der Waals surface area contributed by atoms with E-state index in [2.05, 4.69) is 103 Å². The molecule has 3 aromatic carbocycles.